The Hall–Kier alpha value is -1.61. The molecule has 0 amide bonds. The fourth-order valence-corrected chi connectivity index (χ4v) is 2.13. The Morgan fingerprint density at radius 3 is 2.61 bits per heavy atom. The standard InChI is InChI=1S/C15H13BrO2/c1-10-4-3-5-11(8-10)15(17)13-7-6-12(16)9-14(13)18-2/h3-9H,1-2H3. The summed E-state index contributed by atoms with van der Waals surface area (Å²) in [5, 5.41) is 0. The molecule has 0 saturated heterocycles. The number of hydrogen-bond donors (Lipinski definition) is 0. The van der Waals surface area contributed by atoms with E-state index in [0.29, 0.717) is 16.9 Å². The number of aryl methyl sites for hydroxylation is 1. The smallest absolute Gasteiger partial charge is 0.196 e. The molecule has 0 aliphatic carbocycles. The van der Waals surface area contributed by atoms with Crippen LogP contribution in [0.5, 0.6) is 5.75 Å². The third kappa shape index (κ3) is 2.62. The first-order valence-electron chi connectivity index (χ1n) is 5.56. The highest BCUT2D eigenvalue weighted by molar-refractivity contribution is 9.10. The SMILES string of the molecule is COc1cc(Br)ccc1C(=O)c1cccc(C)c1. The molecule has 0 atom stereocenters. The second kappa shape index (κ2) is 5.36. The number of rotatable bonds is 3. The largest absolute Gasteiger partial charge is 0.496 e. The minimum absolute atomic E-state index is 0.0250. The van der Waals surface area contributed by atoms with Crippen molar-refractivity contribution < 1.29 is 9.53 Å². The van der Waals surface area contributed by atoms with Crippen LogP contribution in [0.2, 0.25) is 0 Å². The Morgan fingerprint density at radius 1 is 1.17 bits per heavy atom. The maximum Gasteiger partial charge on any atom is 0.196 e. The lowest BCUT2D eigenvalue weighted by molar-refractivity contribution is 0.103. The third-order valence-electron chi connectivity index (χ3n) is 2.69. The van der Waals surface area contributed by atoms with E-state index in [4.69, 9.17) is 4.74 Å². The Bertz CT molecular complexity index is 591. The Morgan fingerprint density at radius 2 is 1.94 bits per heavy atom. The molecule has 0 heterocycles. The number of hydrogen-bond acceptors (Lipinski definition) is 2. The fraction of sp³-hybridized carbons (Fsp3) is 0.133. The predicted molar refractivity (Wildman–Crippen MR) is 75.3 cm³/mol. The maximum atomic E-state index is 12.4. The minimum atomic E-state index is -0.0250. The van der Waals surface area contributed by atoms with Crippen LogP contribution in [-0.4, -0.2) is 12.9 Å². The van der Waals surface area contributed by atoms with E-state index in [2.05, 4.69) is 15.9 Å². The lowest BCUT2D eigenvalue weighted by atomic mass is 10.0. The average Bonchev–Trinajstić information content (AvgIpc) is 2.37. The van der Waals surface area contributed by atoms with Gasteiger partial charge in [0.05, 0.1) is 12.7 Å². The van der Waals surface area contributed by atoms with Crippen LogP contribution in [0.3, 0.4) is 0 Å². The molecule has 0 radical (unpaired) electrons. The highest BCUT2D eigenvalue weighted by Gasteiger charge is 2.14. The first-order valence-corrected chi connectivity index (χ1v) is 6.36. The minimum Gasteiger partial charge on any atom is -0.496 e. The first-order chi connectivity index (χ1) is 8.61. The van der Waals surface area contributed by atoms with Gasteiger partial charge in [-0.2, -0.15) is 0 Å². The van der Waals surface area contributed by atoms with Crippen LogP contribution in [0.1, 0.15) is 21.5 Å². The molecule has 3 heteroatoms. The lowest BCUT2D eigenvalue weighted by Crippen LogP contribution is -2.04. The van der Waals surface area contributed by atoms with Crippen LogP contribution >= 0.6 is 15.9 Å². The van der Waals surface area contributed by atoms with Crippen LogP contribution in [0.15, 0.2) is 46.9 Å². The molecule has 2 aromatic rings. The van der Waals surface area contributed by atoms with Gasteiger partial charge in [0.2, 0.25) is 0 Å². The van der Waals surface area contributed by atoms with Gasteiger partial charge >= 0.3 is 0 Å². The zero-order valence-electron chi connectivity index (χ0n) is 10.2. The third-order valence-corrected chi connectivity index (χ3v) is 3.18. The number of carbonyl (C=O) groups is 1. The molecule has 0 fully saturated rings. The normalized spacial score (nSPS) is 10.2. The summed E-state index contributed by atoms with van der Waals surface area (Å²) < 4.78 is 6.14. The second-order valence-electron chi connectivity index (χ2n) is 4.04. The van der Waals surface area contributed by atoms with E-state index in [9.17, 15) is 4.79 Å². The summed E-state index contributed by atoms with van der Waals surface area (Å²) in [4.78, 5) is 12.4. The van der Waals surface area contributed by atoms with Gasteiger partial charge in [0.1, 0.15) is 5.75 Å². The van der Waals surface area contributed by atoms with Crippen LogP contribution in [-0.2, 0) is 0 Å². The van der Waals surface area contributed by atoms with Crippen molar-refractivity contribution in [3.8, 4) is 5.75 Å². The van der Waals surface area contributed by atoms with Gasteiger partial charge in [0.15, 0.2) is 5.78 Å². The second-order valence-corrected chi connectivity index (χ2v) is 4.96. The average molecular weight is 305 g/mol. The lowest BCUT2D eigenvalue weighted by Gasteiger charge is -2.08. The molecule has 0 unspecified atom stereocenters. The van der Waals surface area contributed by atoms with Crippen LogP contribution < -0.4 is 4.74 Å². The van der Waals surface area contributed by atoms with E-state index in [-0.39, 0.29) is 5.78 Å². The zero-order valence-corrected chi connectivity index (χ0v) is 11.8. The summed E-state index contributed by atoms with van der Waals surface area (Å²) in [7, 11) is 1.56. The van der Waals surface area contributed by atoms with Crippen molar-refractivity contribution in [1.29, 1.82) is 0 Å². The molecule has 2 nitrogen and oxygen atoms in total. The van der Waals surface area contributed by atoms with Gasteiger partial charge in [-0.15, -0.1) is 0 Å². The van der Waals surface area contributed by atoms with Crippen molar-refractivity contribution in [3.05, 3.63) is 63.6 Å². The van der Waals surface area contributed by atoms with Crippen molar-refractivity contribution in [3.63, 3.8) is 0 Å². The summed E-state index contributed by atoms with van der Waals surface area (Å²) >= 11 is 3.36. The highest BCUT2D eigenvalue weighted by Crippen LogP contribution is 2.25. The molecule has 18 heavy (non-hydrogen) atoms. The van der Waals surface area contributed by atoms with E-state index in [0.717, 1.165) is 10.0 Å². The number of halogens is 1. The van der Waals surface area contributed by atoms with Crippen LogP contribution in [0.25, 0.3) is 0 Å². The zero-order chi connectivity index (χ0) is 13.1. The Labute approximate surface area is 115 Å². The van der Waals surface area contributed by atoms with Gasteiger partial charge in [-0.05, 0) is 31.2 Å². The molecule has 0 aliphatic rings. The summed E-state index contributed by atoms with van der Waals surface area (Å²) in [6, 6.07) is 13.0. The quantitative estimate of drug-likeness (QED) is 0.801. The monoisotopic (exact) mass is 304 g/mol. The van der Waals surface area contributed by atoms with Crippen molar-refractivity contribution in [2.24, 2.45) is 0 Å². The summed E-state index contributed by atoms with van der Waals surface area (Å²) in [5.74, 6) is 0.555. The molecule has 2 rings (SSSR count). The van der Waals surface area contributed by atoms with Gasteiger partial charge in [0, 0.05) is 10.0 Å². The topological polar surface area (TPSA) is 26.3 Å². The van der Waals surface area contributed by atoms with E-state index < -0.39 is 0 Å². The van der Waals surface area contributed by atoms with E-state index in [1.165, 1.54) is 0 Å². The van der Waals surface area contributed by atoms with Crippen molar-refractivity contribution in [1.82, 2.24) is 0 Å². The number of benzene rings is 2. The van der Waals surface area contributed by atoms with E-state index >= 15 is 0 Å². The molecule has 0 spiro atoms. The van der Waals surface area contributed by atoms with Gasteiger partial charge in [0.25, 0.3) is 0 Å². The molecule has 0 bridgehead atoms. The van der Waals surface area contributed by atoms with Gasteiger partial charge < -0.3 is 4.74 Å². The molecular formula is C15H13BrO2. The van der Waals surface area contributed by atoms with Crippen molar-refractivity contribution in [2.45, 2.75) is 6.92 Å². The molecule has 2 aromatic carbocycles. The highest BCUT2D eigenvalue weighted by atomic mass is 79.9. The number of ether oxygens (including phenoxy) is 1. The van der Waals surface area contributed by atoms with Gasteiger partial charge in [-0.25, -0.2) is 0 Å². The molecule has 0 N–H and O–H groups in total. The molecule has 0 saturated carbocycles. The van der Waals surface area contributed by atoms with E-state index in [1.54, 1.807) is 19.2 Å². The molecular weight excluding hydrogens is 292 g/mol. The maximum absolute atomic E-state index is 12.4. The Kier molecular flexibility index (Phi) is 3.82. The van der Waals surface area contributed by atoms with Gasteiger partial charge in [-0.1, -0.05) is 39.7 Å². The number of carbonyl (C=O) groups excluding carboxylic acids is 1. The predicted octanol–water partition coefficient (Wildman–Crippen LogP) is 4.00. The molecule has 0 aromatic heterocycles. The van der Waals surface area contributed by atoms with Crippen molar-refractivity contribution >= 4 is 21.7 Å². The molecule has 0 aliphatic heterocycles. The van der Waals surface area contributed by atoms with Gasteiger partial charge in [-0.3, -0.25) is 4.79 Å². The van der Waals surface area contributed by atoms with Crippen LogP contribution in [0.4, 0.5) is 0 Å². The Balaban J connectivity index is 2.46. The fourth-order valence-electron chi connectivity index (χ4n) is 1.79. The summed E-state index contributed by atoms with van der Waals surface area (Å²) in [6.07, 6.45) is 0. The number of ketones is 1. The van der Waals surface area contributed by atoms with E-state index in [1.807, 2.05) is 37.3 Å². The first kappa shape index (κ1) is 12.8. The van der Waals surface area contributed by atoms with Crippen molar-refractivity contribution in [2.75, 3.05) is 7.11 Å². The molecule has 92 valence electrons. The summed E-state index contributed by atoms with van der Waals surface area (Å²) in [5.41, 5.74) is 2.32. The summed E-state index contributed by atoms with van der Waals surface area (Å²) in [6.45, 7) is 1.97. The van der Waals surface area contributed by atoms with Crippen LogP contribution in [0, 0.1) is 6.92 Å². The number of methoxy groups -OCH3 is 1.